The molecule has 2 rings (SSSR count). The fourth-order valence-corrected chi connectivity index (χ4v) is 1.23. The number of hydrogen-bond donors (Lipinski definition) is 0. The number of nitrogens with zero attached hydrogens (tertiary/aromatic N) is 1. The highest BCUT2D eigenvalue weighted by Crippen LogP contribution is 2.18. The SMILES string of the molecule is [c]1noc2c1CCCC2. The van der Waals surface area contributed by atoms with E-state index >= 15 is 0 Å². The van der Waals surface area contributed by atoms with Gasteiger partial charge in [-0.25, -0.2) is 0 Å². The summed E-state index contributed by atoms with van der Waals surface area (Å²) in [6, 6.07) is 0. The van der Waals surface area contributed by atoms with Crippen LogP contribution in [0.5, 0.6) is 0 Å². The van der Waals surface area contributed by atoms with Gasteiger partial charge >= 0.3 is 0 Å². The Morgan fingerprint density at radius 2 is 2.22 bits per heavy atom. The summed E-state index contributed by atoms with van der Waals surface area (Å²) in [5.41, 5.74) is 1.20. The Labute approximate surface area is 53.9 Å². The summed E-state index contributed by atoms with van der Waals surface area (Å²) in [6.07, 6.45) is 7.53. The Balaban J connectivity index is 2.39. The highest BCUT2D eigenvalue weighted by Gasteiger charge is 2.12. The smallest absolute Gasteiger partial charge is 0.140 e. The van der Waals surface area contributed by atoms with Crippen molar-refractivity contribution in [2.75, 3.05) is 0 Å². The van der Waals surface area contributed by atoms with Crippen LogP contribution in [0.25, 0.3) is 0 Å². The second-order valence-electron chi connectivity index (χ2n) is 2.40. The number of aryl methyl sites for hydroxylation is 2. The summed E-state index contributed by atoms with van der Waals surface area (Å²) in [4.78, 5) is 0. The van der Waals surface area contributed by atoms with Crippen LogP contribution in [0.2, 0.25) is 0 Å². The van der Waals surface area contributed by atoms with Gasteiger partial charge in [0, 0.05) is 12.0 Å². The fraction of sp³-hybridized carbons (Fsp3) is 0.571. The maximum Gasteiger partial charge on any atom is 0.140 e. The van der Waals surface area contributed by atoms with Crippen LogP contribution in [-0.2, 0) is 12.8 Å². The molecular weight excluding hydrogens is 114 g/mol. The zero-order valence-electron chi connectivity index (χ0n) is 5.18. The number of aromatic nitrogens is 1. The molecule has 1 aromatic rings. The average molecular weight is 122 g/mol. The van der Waals surface area contributed by atoms with Crippen molar-refractivity contribution in [3.05, 3.63) is 17.5 Å². The summed E-state index contributed by atoms with van der Waals surface area (Å²) in [6.45, 7) is 0. The molecule has 0 fully saturated rings. The molecule has 1 aromatic heterocycles. The van der Waals surface area contributed by atoms with Crippen LogP contribution in [0.4, 0.5) is 0 Å². The lowest BCUT2D eigenvalue weighted by molar-refractivity contribution is 0.371. The molecule has 0 aromatic carbocycles. The predicted octanol–water partition coefficient (Wildman–Crippen LogP) is 1.35. The molecule has 2 nitrogen and oxygen atoms in total. The summed E-state index contributed by atoms with van der Waals surface area (Å²) in [7, 11) is 0. The Hall–Kier alpha value is -0.790. The van der Waals surface area contributed by atoms with Crippen molar-refractivity contribution in [1.29, 1.82) is 0 Å². The Kier molecular flexibility index (Phi) is 1.04. The summed E-state index contributed by atoms with van der Waals surface area (Å²) in [5.74, 6) is 1.06. The van der Waals surface area contributed by atoms with Crippen LogP contribution in [0.15, 0.2) is 4.52 Å². The first-order valence-corrected chi connectivity index (χ1v) is 3.32. The van der Waals surface area contributed by atoms with Gasteiger partial charge < -0.3 is 4.52 Å². The van der Waals surface area contributed by atoms with E-state index in [9.17, 15) is 0 Å². The average Bonchev–Trinajstić information content (AvgIpc) is 2.33. The first-order valence-electron chi connectivity index (χ1n) is 3.32. The first kappa shape index (κ1) is 5.03. The Bertz CT molecular complexity index is 184. The zero-order valence-corrected chi connectivity index (χ0v) is 5.18. The van der Waals surface area contributed by atoms with Gasteiger partial charge in [0.2, 0.25) is 0 Å². The van der Waals surface area contributed by atoms with E-state index in [0.717, 1.165) is 18.6 Å². The molecule has 2 heteroatoms. The summed E-state index contributed by atoms with van der Waals surface area (Å²) >= 11 is 0. The molecule has 0 N–H and O–H groups in total. The molecule has 1 aliphatic carbocycles. The van der Waals surface area contributed by atoms with Crippen molar-refractivity contribution in [2.45, 2.75) is 25.7 Å². The van der Waals surface area contributed by atoms with Crippen LogP contribution in [0.3, 0.4) is 0 Å². The highest BCUT2D eigenvalue weighted by atomic mass is 16.5. The minimum atomic E-state index is 1.06. The van der Waals surface area contributed by atoms with E-state index in [0.29, 0.717) is 0 Å². The molecular formula is C7H8NO. The van der Waals surface area contributed by atoms with Crippen molar-refractivity contribution in [3.8, 4) is 0 Å². The number of rotatable bonds is 0. The molecule has 0 saturated carbocycles. The molecule has 1 heterocycles. The van der Waals surface area contributed by atoms with Crippen molar-refractivity contribution in [3.63, 3.8) is 0 Å². The lowest BCUT2D eigenvalue weighted by Gasteiger charge is -2.05. The van der Waals surface area contributed by atoms with Gasteiger partial charge in [-0.3, -0.25) is 0 Å². The predicted molar refractivity (Wildman–Crippen MR) is 32.0 cm³/mol. The third-order valence-corrected chi connectivity index (χ3v) is 1.75. The van der Waals surface area contributed by atoms with Gasteiger partial charge in [-0.2, -0.15) is 0 Å². The van der Waals surface area contributed by atoms with Gasteiger partial charge in [0.1, 0.15) is 12.0 Å². The summed E-state index contributed by atoms with van der Waals surface area (Å²) < 4.78 is 4.95. The van der Waals surface area contributed by atoms with Gasteiger partial charge in [0.25, 0.3) is 0 Å². The molecule has 0 amide bonds. The number of fused-ring (bicyclic) bond motifs is 1. The van der Waals surface area contributed by atoms with Crippen LogP contribution in [0, 0.1) is 6.20 Å². The highest BCUT2D eigenvalue weighted by molar-refractivity contribution is 5.14. The molecule has 0 atom stereocenters. The fourth-order valence-electron chi connectivity index (χ4n) is 1.23. The lowest BCUT2D eigenvalue weighted by Crippen LogP contribution is -1.97. The molecule has 0 saturated heterocycles. The van der Waals surface area contributed by atoms with Gasteiger partial charge in [0.05, 0.1) is 0 Å². The lowest BCUT2D eigenvalue weighted by atomic mass is 9.99. The maximum absolute atomic E-state index is 4.95. The van der Waals surface area contributed by atoms with Crippen molar-refractivity contribution < 1.29 is 4.52 Å². The normalized spacial score (nSPS) is 17.3. The largest absolute Gasteiger partial charge is 0.360 e. The number of hydrogen-bond acceptors (Lipinski definition) is 2. The molecule has 9 heavy (non-hydrogen) atoms. The van der Waals surface area contributed by atoms with Crippen molar-refractivity contribution in [1.82, 2.24) is 5.16 Å². The van der Waals surface area contributed by atoms with E-state index in [-0.39, 0.29) is 0 Å². The Morgan fingerprint density at radius 3 is 3.11 bits per heavy atom. The minimum absolute atomic E-state index is 1.06. The monoisotopic (exact) mass is 122 g/mol. The van der Waals surface area contributed by atoms with E-state index in [1.807, 2.05) is 0 Å². The van der Waals surface area contributed by atoms with E-state index in [1.54, 1.807) is 0 Å². The Morgan fingerprint density at radius 1 is 1.33 bits per heavy atom. The van der Waals surface area contributed by atoms with Gasteiger partial charge in [-0.15, -0.1) is 0 Å². The van der Waals surface area contributed by atoms with Crippen LogP contribution in [-0.4, -0.2) is 5.16 Å². The van der Waals surface area contributed by atoms with Crippen LogP contribution >= 0.6 is 0 Å². The van der Waals surface area contributed by atoms with E-state index in [4.69, 9.17) is 4.52 Å². The maximum atomic E-state index is 4.95. The van der Waals surface area contributed by atoms with E-state index in [1.165, 1.54) is 18.4 Å². The zero-order chi connectivity index (χ0) is 6.10. The third kappa shape index (κ3) is 0.745. The van der Waals surface area contributed by atoms with Gasteiger partial charge in [-0.1, -0.05) is 5.16 Å². The second-order valence-corrected chi connectivity index (χ2v) is 2.40. The summed E-state index contributed by atoms with van der Waals surface area (Å²) in [5, 5.41) is 3.60. The van der Waals surface area contributed by atoms with Crippen LogP contribution < -0.4 is 0 Å². The molecule has 1 aliphatic rings. The van der Waals surface area contributed by atoms with E-state index in [2.05, 4.69) is 11.4 Å². The molecule has 47 valence electrons. The first-order chi connectivity index (χ1) is 4.47. The third-order valence-electron chi connectivity index (χ3n) is 1.75. The standard InChI is InChI=1S/C7H8NO/c1-2-4-7-6(3-1)5-8-9-7/h1-4H2. The molecule has 0 unspecified atom stereocenters. The van der Waals surface area contributed by atoms with E-state index < -0.39 is 0 Å². The van der Waals surface area contributed by atoms with Gasteiger partial charge in [0.15, 0.2) is 0 Å². The topological polar surface area (TPSA) is 26.0 Å². The molecule has 0 spiro atoms. The quantitative estimate of drug-likeness (QED) is 0.519. The van der Waals surface area contributed by atoms with Crippen molar-refractivity contribution >= 4 is 0 Å². The minimum Gasteiger partial charge on any atom is -0.360 e. The molecule has 1 radical (unpaired) electrons. The second kappa shape index (κ2) is 1.87. The van der Waals surface area contributed by atoms with Gasteiger partial charge in [-0.05, 0) is 19.3 Å². The van der Waals surface area contributed by atoms with Crippen molar-refractivity contribution in [2.24, 2.45) is 0 Å². The molecule has 0 bridgehead atoms. The molecule has 0 aliphatic heterocycles. The van der Waals surface area contributed by atoms with Crippen LogP contribution in [0.1, 0.15) is 24.2 Å².